The standard InChI is InChI=1S/2C6H14N.2C4H9N.Mo/c2*1-3-5-6-7-4-2;2*1-4(2,3)5;/h2*3-6H2,1-2H3;2*1-3H3;/q2*-1;;;+2. The summed E-state index contributed by atoms with van der Waals surface area (Å²) in [6, 6.07) is 0. The van der Waals surface area contributed by atoms with Crippen LogP contribution < -0.4 is 0 Å². The van der Waals surface area contributed by atoms with Crippen molar-refractivity contribution in [1.82, 2.24) is 0 Å². The van der Waals surface area contributed by atoms with Gasteiger partial charge in [0, 0.05) is 0 Å². The number of nitrogens with zero attached hydrogens (tertiary/aromatic N) is 4. The molecule has 0 aliphatic rings. The van der Waals surface area contributed by atoms with Crippen molar-refractivity contribution in [3.63, 3.8) is 0 Å². The third kappa shape index (κ3) is 45.4. The smallest absolute Gasteiger partial charge is 0.0578 e. The number of rotatable bonds is 8. The summed E-state index contributed by atoms with van der Waals surface area (Å²) in [7, 11) is 0. The maximum Gasteiger partial charge on any atom is -0.0578 e. The summed E-state index contributed by atoms with van der Waals surface area (Å²) in [5.74, 6) is 0. The van der Waals surface area contributed by atoms with Gasteiger partial charge in [-0.2, -0.15) is 13.1 Å². The van der Waals surface area contributed by atoms with Gasteiger partial charge < -0.3 is 10.6 Å². The van der Waals surface area contributed by atoms with Crippen molar-refractivity contribution in [3.05, 3.63) is 10.6 Å². The average molecular weight is 439 g/mol. The van der Waals surface area contributed by atoms with Crippen molar-refractivity contribution in [2.45, 2.75) is 106 Å². The van der Waals surface area contributed by atoms with Gasteiger partial charge in [-0.1, -0.05) is 53.4 Å². The van der Waals surface area contributed by atoms with E-state index < -0.39 is 18.2 Å². The van der Waals surface area contributed by atoms with Gasteiger partial charge in [0.15, 0.2) is 0 Å². The molecule has 0 saturated heterocycles. The molecule has 0 aromatic rings. The SMILES string of the molecule is CC(C)(C)[N]=[Mo+2]=[N]C(C)(C)C.CCCC[N-]CC.CCCC[N-]CC. The third-order valence-corrected chi connectivity index (χ3v) is 5.51. The summed E-state index contributed by atoms with van der Waals surface area (Å²) in [5, 5.41) is 8.32. The molecule has 25 heavy (non-hydrogen) atoms. The molecule has 0 bridgehead atoms. The van der Waals surface area contributed by atoms with Crippen LogP contribution in [0.4, 0.5) is 0 Å². The summed E-state index contributed by atoms with van der Waals surface area (Å²) in [5.41, 5.74) is 0.216. The molecule has 0 aromatic carbocycles. The Morgan fingerprint density at radius 1 is 0.640 bits per heavy atom. The van der Waals surface area contributed by atoms with Crippen LogP contribution in [0, 0.1) is 0 Å². The molecule has 0 aromatic heterocycles. The first-order valence-electron chi connectivity index (χ1n) is 9.91. The summed E-state index contributed by atoms with van der Waals surface area (Å²) in [6.07, 6.45) is 5.05. The van der Waals surface area contributed by atoms with Gasteiger partial charge >= 0.3 is 77.8 Å². The Kier molecular flexibility index (Phi) is 24.6. The van der Waals surface area contributed by atoms with Crippen LogP contribution in [0.3, 0.4) is 0 Å². The molecular weight excluding hydrogens is 392 g/mol. The first kappa shape index (κ1) is 30.0. The van der Waals surface area contributed by atoms with Crippen molar-refractivity contribution in [1.29, 1.82) is 0 Å². The molecule has 4 nitrogen and oxygen atoms in total. The van der Waals surface area contributed by atoms with E-state index in [1.165, 1.54) is 25.7 Å². The Balaban J connectivity index is -0.000000304. The van der Waals surface area contributed by atoms with E-state index in [1.807, 2.05) is 0 Å². The molecule has 0 spiro atoms. The Bertz CT molecular complexity index is 275. The van der Waals surface area contributed by atoms with Gasteiger partial charge in [0.2, 0.25) is 0 Å². The molecule has 0 heterocycles. The normalized spacial score (nSPS) is 10.6. The van der Waals surface area contributed by atoms with Gasteiger partial charge in [0.1, 0.15) is 0 Å². The van der Waals surface area contributed by atoms with E-state index in [0.29, 0.717) is 0 Å². The molecule has 0 amide bonds. The fourth-order valence-corrected chi connectivity index (χ4v) is 2.43. The first-order chi connectivity index (χ1) is 11.5. The largest absolute Gasteiger partial charge is 0.662 e. The molecule has 0 radical (unpaired) electrons. The van der Waals surface area contributed by atoms with Crippen LogP contribution in [-0.2, 0) is 18.2 Å². The van der Waals surface area contributed by atoms with E-state index >= 15 is 0 Å². The van der Waals surface area contributed by atoms with Crippen LogP contribution in [-0.4, -0.2) is 37.3 Å². The summed E-state index contributed by atoms with van der Waals surface area (Å²) < 4.78 is 9.01. The molecule has 0 aliphatic heterocycles. The predicted molar refractivity (Wildman–Crippen MR) is 112 cm³/mol. The molecule has 0 rings (SSSR count). The van der Waals surface area contributed by atoms with Gasteiger partial charge in [-0.15, -0.1) is 13.1 Å². The monoisotopic (exact) mass is 440 g/mol. The predicted octanol–water partition coefficient (Wildman–Crippen LogP) is 7.39. The topological polar surface area (TPSA) is 52.9 Å². The van der Waals surface area contributed by atoms with Crippen molar-refractivity contribution in [2.24, 2.45) is 6.99 Å². The van der Waals surface area contributed by atoms with Crippen LogP contribution in [0.25, 0.3) is 10.6 Å². The summed E-state index contributed by atoms with van der Waals surface area (Å²) in [4.78, 5) is 0. The van der Waals surface area contributed by atoms with Gasteiger partial charge in [0.25, 0.3) is 0 Å². The summed E-state index contributed by atoms with van der Waals surface area (Å²) >= 11 is -0.473. The Morgan fingerprint density at radius 2 is 0.960 bits per heavy atom. The minimum atomic E-state index is -0.473. The molecule has 0 fully saturated rings. The molecule has 0 unspecified atom stereocenters. The number of hydrogen-bond acceptors (Lipinski definition) is 2. The van der Waals surface area contributed by atoms with Crippen molar-refractivity contribution in [2.75, 3.05) is 26.2 Å². The molecule has 152 valence electrons. The second-order valence-corrected chi connectivity index (χ2v) is 9.14. The molecule has 5 heteroatoms. The molecule has 0 N–H and O–H groups in total. The Labute approximate surface area is 168 Å². The fourth-order valence-electron chi connectivity index (χ4n) is 1.12. The quantitative estimate of drug-likeness (QED) is 0.280. The molecular formula is C20H46MoN4. The van der Waals surface area contributed by atoms with Gasteiger partial charge in [-0.3, -0.25) is 0 Å². The second kappa shape index (κ2) is 20.5. The molecule has 0 aliphatic carbocycles. The van der Waals surface area contributed by atoms with E-state index in [9.17, 15) is 0 Å². The van der Waals surface area contributed by atoms with E-state index in [2.05, 4.69) is 86.9 Å². The van der Waals surface area contributed by atoms with Gasteiger partial charge in [0.05, 0.1) is 0 Å². The fraction of sp³-hybridized carbons (Fsp3) is 1.00. The van der Waals surface area contributed by atoms with Crippen molar-refractivity contribution in [3.8, 4) is 0 Å². The minimum absolute atomic E-state index is 0.108. The van der Waals surface area contributed by atoms with Gasteiger partial charge in [-0.25, -0.2) is 0 Å². The van der Waals surface area contributed by atoms with E-state index in [4.69, 9.17) is 0 Å². The third-order valence-electron chi connectivity index (χ3n) is 2.42. The zero-order chi connectivity index (χ0) is 20.2. The van der Waals surface area contributed by atoms with E-state index in [0.717, 1.165) is 26.2 Å². The minimum Gasteiger partial charge on any atom is -0.662 e. The second-order valence-electron chi connectivity index (χ2n) is 7.84. The molecule has 0 saturated carbocycles. The Morgan fingerprint density at radius 3 is 1.16 bits per heavy atom. The Hall–Kier alpha value is 0.208. The van der Waals surface area contributed by atoms with Crippen LogP contribution in [0.15, 0.2) is 6.99 Å². The molecule has 0 atom stereocenters. The maximum atomic E-state index is 4.51. The van der Waals surface area contributed by atoms with Crippen LogP contribution in [0.2, 0.25) is 0 Å². The van der Waals surface area contributed by atoms with E-state index in [1.54, 1.807) is 0 Å². The van der Waals surface area contributed by atoms with E-state index in [-0.39, 0.29) is 11.1 Å². The van der Waals surface area contributed by atoms with Crippen molar-refractivity contribution < 1.29 is 18.2 Å². The van der Waals surface area contributed by atoms with Crippen LogP contribution in [0.5, 0.6) is 0 Å². The zero-order valence-corrected chi connectivity index (χ0v) is 20.9. The van der Waals surface area contributed by atoms with Gasteiger partial charge in [-0.05, 0) is 0 Å². The van der Waals surface area contributed by atoms with Crippen molar-refractivity contribution >= 4 is 0 Å². The summed E-state index contributed by atoms with van der Waals surface area (Å²) in [6.45, 7) is 25.4. The number of unbranched alkanes of at least 4 members (excludes halogenated alkanes) is 2. The van der Waals surface area contributed by atoms with Crippen LogP contribution >= 0.6 is 0 Å². The average Bonchev–Trinajstić information content (AvgIpc) is 2.47. The first-order valence-corrected chi connectivity index (χ1v) is 11.7. The maximum absolute atomic E-state index is 4.51. The van der Waals surface area contributed by atoms with Crippen LogP contribution in [0.1, 0.15) is 94.9 Å². The number of hydrogen-bond donors (Lipinski definition) is 0. The zero-order valence-electron chi connectivity index (χ0n) is 18.9.